The van der Waals surface area contributed by atoms with Crippen molar-refractivity contribution in [2.45, 2.75) is 38.0 Å². The van der Waals surface area contributed by atoms with Crippen molar-refractivity contribution >= 4 is 35.1 Å². The first-order valence-electron chi connectivity index (χ1n) is 7.43. The first-order valence-corrected chi connectivity index (χ1v) is 8.19. The third-order valence-corrected chi connectivity index (χ3v) is 4.60. The highest BCUT2D eigenvalue weighted by Crippen LogP contribution is 2.48. The third kappa shape index (κ3) is 4.89. The molecule has 22 heavy (non-hydrogen) atoms. The van der Waals surface area contributed by atoms with Crippen molar-refractivity contribution in [2.75, 3.05) is 6.54 Å². The van der Waals surface area contributed by atoms with Crippen molar-refractivity contribution in [3.63, 3.8) is 0 Å². The number of aliphatic carboxylic acids is 1. The van der Waals surface area contributed by atoms with Crippen LogP contribution in [0.15, 0.2) is 18.2 Å². The molecule has 2 rings (SSSR count). The van der Waals surface area contributed by atoms with Gasteiger partial charge in [0.25, 0.3) is 0 Å². The summed E-state index contributed by atoms with van der Waals surface area (Å²) in [4.78, 5) is 22.4. The maximum absolute atomic E-state index is 12.0. The second-order valence-electron chi connectivity index (χ2n) is 5.62. The number of amides is 1. The number of rotatable bonds is 8. The van der Waals surface area contributed by atoms with Gasteiger partial charge < -0.3 is 10.4 Å². The summed E-state index contributed by atoms with van der Waals surface area (Å²) < 4.78 is 0. The normalized spacial score (nSPS) is 19.7. The average Bonchev–Trinajstić information content (AvgIpc) is 3.25. The van der Waals surface area contributed by atoms with E-state index in [1.165, 1.54) is 0 Å². The lowest BCUT2D eigenvalue weighted by Gasteiger charge is -2.05. The first kappa shape index (κ1) is 17.1. The summed E-state index contributed by atoms with van der Waals surface area (Å²) in [6.45, 7) is 0.600. The number of carbonyl (C=O) groups excluding carboxylic acids is 1. The molecule has 0 aromatic heterocycles. The van der Waals surface area contributed by atoms with E-state index in [1.807, 2.05) is 12.1 Å². The molecule has 0 spiro atoms. The summed E-state index contributed by atoms with van der Waals surface area (Å²) in [6, 6.07) is 5.50. The summed E-state index contributed by atoms with van der Waals surface area (Å²) in [6.07, 6.45) is 3.30. The monoisotopic (exact) mass is 343 g/mol. The highest BCUT2D eigenvalue weighted by molar-refractivity contribution is 6.42. The van der Waals surface area contributed by atoms with Crippen molar-refractivity contribution < 1.29 is 14.7 Å². The van der Waals surface area contributed by atoms with Crippen LogP contribution in [0.2, 0.25) is 10.0 Å². The minimum Gasteiger partial charge on any atom is -0.481 e. The van der Waals surface area contributed by atoms with Gasteiger partial charge in [-0.3, -0.25) is 9.59 Å². The topological polar surface area (TPSA) is 66.4 Å². The summed E-state index contributed by atoms with van der Waals surface area (Å²) >= 11 is 11.9. The van der Waals surface area contributed by atoms with E-state index >= 15 is 0 Å². The van der Waals surface area contributed by atoms with E-state index in [0.29, 0.717) is 23.0 Å². The van der Waals surface area contributed by atoms with Crippen molar-refractivity contribution in [1.82, 2.24) is 5.32 Å². The van der Waals surface area contributed by atoms with Crippen LogP contribution in [0, 0.1) is 5.92 Å². The van der Waals surface area contributed by atoms with Crippen LogP contribution in [0.25, 0.3) is 0 Å². The fourth-order valence-electron chi connectivity index (χ4n) is 2.52. The van der Waals surface area contributed by atoms with Gasteiger partial charge in [-0.1, -0.05) is 35.7 Å². The number of carbonyl (C=O) groups is 2. The number of halogens is 2. The van der Waals surface area contributed by atoms with E-state index in [-0.39, 0.29) is 24.2 Å². The SMILES string of the molecule is O=C(O)CCCCCNC(=O)C1CC1c1ccc(Cl)c(Cl)c1. The second kappa shape index (κ2) is 7.84. The number of nitrogens with one attached hydrogen (secondary N) is 1. The van der Waals surface area contributed by atoms with E-state index in [2.05, 4.69) is 5.32 Å². The van der Waals surface area contributed by atoms with Gasteiger partial charge in [0, 0.05) is 18.9 Å². The Hall–Kier alpha value is -1.26. The maximum atomic E-state index is 12.0. The quantitative estimate of drug-likeness (QED) is 0.704. The summed E-state index contributed by atoms with van der Waals surface area (Å²) in [5.74, 6) is -0.473. The largest absolute Gasteiger partial charge is 0.481 e. The molecule has 1 aliphatic carbocycles. The molecule has 0 saturated heterocycles. The van der Waals surface area contributed by atoms with Crippen molar-refractivity contribution in [1.29, 1.82) is 0 Å². The van der Waals surface area contributed by atoms with Crippen LogP contribution in [0.5, 0.6) is 0 Å². The molecule has 1 aliphatic rings. The molecule has 1 saturated carbocycles. The number of carboxylic acid groups (broad SMARTS) is 1. The zero-order chi connectivity index (χ0) is 16.1. The first-order chi connectivity index (χ1) is 10.5. The van der Waals surface area contributed by atoms with Crippen LogP contribution in [-0.2, 0) is 9.59 Å². The van der Waals surface area contributed by atoms with Gasteiger partial charge in [0.15, 0.2) is 0 Å². The minimum atomic E-state index is -0.772. The standard InChI is InChI=1S/C16H19Cl2NO3/c17-13-6-5-10(8-14(13)18)11-9-12(11)16(22)19-7-3-1-2-4-15(20)21/h5-6,8,11-12H,1-4,7,9H2,(H,19,22)(H,20,21). The lowest BCUT2D eigenvalue weighted by molar-refractivity contribution is -0.137. The van der Waals surface area contributed by atoms with Gasteiger partial charge in [-0.2, -0.15) is 0 Å². The Bertz CT molecular complexity index is 562. The Balaban J connectivity index is 1.67. The molecule has 120 valence electrons. The molecule has 2 N–H and O–H groups in total. The zero-order valence-electron chi connectivity index (χ0n) is 12.1. The third-order valence-electron chi connectivity index (χ3n) is 3.87. The number of hydrogen-bond acceptors (Lipinski definition) is 2. The Morgan fingerprint density at radius 2 is 1.95 bits per heavy atom. The molecular weight excluding hydrogens is 325 g/mol. The second-order valence-corrected chi connectivity index (χ2v) is 6.43. The van der Waals surface area contributed by atoms with Gasteiger partial charge in [0.2, 0.25) is 5.91 Å². The molecule has 4 nitrogen and oxygen atoms in total. The lowest BCUT2D eigenvalue weighted by atomic mass is 10.1. The van der Waals surface area contributed by atoms with Gasteiger partial charge in [0.1, 0.15) is 0 Å². The zero-order valence-corrected chi connectivity index (χ0v) is 13.7. The lowest BCUT2D eigenvalue weighted by Crippen LogP contribution is -2.26. The smallest absolute Gasteiger partial charge is 0.303 e. The van der Waals surface area contributed by atoms with Gasteiger partial charge in [-0.05, 0) is 42.9 Å². The minimum absolute atomic E-state index is 0.0104. The van der Waals surface area contributed by atoms with E-state index in [1.54, 1.807) is 6.07 Å². The van der Waals surface area contributed by atoms with Gasteiger partial charge in [-0.15, -0.1) is 0 Å². The van der Waals surface area contributed by atoms with E-state index < -0.39 is 5.97 Å². The van der Waals surface area contributed by atoms with Crippen LogP contribution >= 0.6 is 23.2 Å². The molecule has 0 radical (unpaired) electrons. The molecule has 0 heterocycles. The van der Waals surface area contributed by atoms with Crippen LogP contribution in [-0.4, -0.2) is 23.5 Å². The molecule has 1 aromatic rings. The Morgan fingerprint density at radius 1 is 1.18 bits per heavy atom. The maximum Gasteiger partial charge on any atom is 0.303 e. The summed E-state index contributed by atoms with van der Waals surface area (Å²) in [5, 5.41) is 12.5. The van der Waals surface area contributed by atoms with Crippen molar-refractivity contribution in [3.8, 4) is 0 Å². The van der Waals surface area contributed by atoms with E-state index in [0.717, 1.165) is 24.8 Å². The van der Waals surface area contributed by atoms with Crippen molar-refractivity contribution in [3.05, 3.63) is 33.8 Å². The van der Waals surface area contributed by atoms with Crippen LogP contribution < -0.4 is 5.32 Å². The van der Waals surface area contributed by atoms with Gasteiger partial charge >= 0.3 is 5.97 Å². The van der Waals surface area contributed by atoms with Crippen molar-refractivity contribution in [2.24, 2.45) is 5.92 Å². The molecule has 0 bridgehead atoms. The molecule has 0 aliphatic heterocycles. The van der Waals surface area contributed by atoms with Crippen LogP contribution in [0.3, 0.4) is 0 Å². The van der Waals surface area contributed by atoms with Gasteiger partial charge in [-0.25, -0.2) is 0 Å². The fraction of sp³-hybridized carbons (Fsp3) is 0.500. The molecule has 1 aromatic carbocycles. The Morgan fingerprint density at radius 3 is 2.64 bits per heavy atom. The van der Waals surface area contributed by atoms with E-state index in [9.17, 15) is 9.59 Å². The van der Waals surface area contributed by atoms with Crippen LogP contribution in [0.4, 0.5) is 0 Å². The van der Waals surface area contributed by atoms with Gasteiger partial charge in [0.05, 0.1) is 10.0 Å². The Kier molecular flexibility index (Phi) is 6.09. The fourth-order valence-corrected chi connectivity index (χ4v) is 2.82. The number of benzene rings is 1. The highest BCUT2D eigenvalue weighted by atomic mass is 35.5. The number of hydrogen-bond donors (Lipinski definition) is 2. The van der Waals surface area contributed by atoms with Crippen LogP contribution in [0.1, 0.15) is 43.6 Å². The molecule has 6 heteroatoms. The molecule has 1 amide bonds. The summed E-state index contributed by atoms with van der Waals surface area (Å²) in [5.41, 5.74) is 1.05. The highest BCUT2D eigenvalue weighted by Gasteiger charge is 2.43. The predicted octanol–water partition coefficient (Wildman–Crippen LogP) is 3.86. The molecule has 2 unspecified atom stereocenters. The molecular formula is C16H19Cl2NO3. The molecule has 2 atom stereocenters. The van der Waals surface area contributed by atoms with E-state index in [4.69, 9.17) is 28.3 Å². The molecule has 1 fully saturated rings. The Labute approximate surface area is 139 Å². The predicted molar refractivity (Wildman–Crippen MR) is 86.4 cm³/mol. The summed E-state index contributed by atoms with van der Waals surface area (Å²) in [7, 11) is 0. The average molecular weight is 344 g/mol. The number of unbranched alkanes of at least 4 members (excludes halogenated alkanes) is 2. The number of carboxylic acids is 1.